The van der Waals surface area contributed by atoms with Gasteiger partial charge < -0.3 is 9.84 Å². The summed E-state index contributed by atoms with van der Waals surface area (Å²) in [5, 5.41) is 9.81. The number of benzene rings is 2. The predicted molar refractivity (Wildman–Crippen MR) is 107 cm³/mol. The number of ketones is 1. The molecule has 27 heavy (non-hydrogen) atoms. The molecule has 0 saturated heterocycles. The van der Waals surface area contributed by atoms with E-state index in [1.54, 1.807) is 25.3 Å². The summed E-state index contributed by atoms with van der Waals surface area (Å²) < 4.78 is 5.19. The van der Waals surface area contributed by atoms with Crippen molar-refractivity contribution in [2.45, 2.75) is 12.8 Å². The molecule has 0 aliphatic heterocycles. The molecule has 1 aromatic heterocycles. The molecule has 138 valence electrons. The van der Waals surface area contributed by atoms with Crippen molar-refractivity contribution in [1.82, 2.24) is 0 Å². The molecule has 0 bridgehead atoms. The van der Waals surface area contributed by atoms with Crippen LogP contribution in [0.25, 0.3) is 10.4 Å². The lowest BCUT2D eigenvalue weighted by Gasteiger charge is -2.03. The van der Waals surface area contributed by atoms with Gasteiger partial charge in [-0.05, 0) is 47.0 Å². The van der Waals surface area contributed by atoms with Crippen molar-refractivity contribution in [3.8, 4) is 16.2 Å². The number of ether oxygens (including phenoxy) is 1. The number of carboxylic acid groups (broad SMARTS) is 1. The van der Waals surface area contributed by atoms with Crippen LogP contribution in [-0.2, 0) is 17.6 Å². The molecule has 1 N–H and O–H groups in total. The minimum Gasteiger partial charge on any atom is -0.497 e. The van der Waals surface area contributed by atoms with Crippen LogP contribution in [0.1, 0.15) is 20.8 Å². The summed E-state index contributed by atoms with van der Waals surface area (Å²) in [4.78, 5) is 25.3. The van der Waals surface area contributed by atoms with Gasteiger partial charge in [-0.1, -0.05) is 35.9 Å². The second-order valence-corrected chi connectivity index (χ2v) is 7.48. The fourth-order valence-corrected chi connectivity index (χ4v) is 4.01. The molecule has 4 nitrogen and oxygen atoms in total. The SMILES string of the molecule is COc1cccc(CC(=O)c2cc(CC(=O)O)c(-c3ccc(Cl)cc3)s2)c1. The molecule has 3 aromatic rings. The van der Waals surface area contributed by atoms with Crippen molar-refractivity contribution < 1.29 is 19.4 Å². The van der Waals surface area contributed by atoms with E-state index in [0.717, 1.165) is 16.0 Å². The van der Waals surface area contributed by atoms with Gasteiger partial charge in [0, 0.05) is 16.3 Å². The Morgan fingerprint density at radius 2 is 1.81 bits per heavy atom. The standard InChI is InChI=1S/C21H17ClO4S/c1-26-17-4-2-3-13(9-17)10-18(23)19-11-15(12-20(24)25)21(27-19)14-5-7-16(22)8-6-14/h2-9,11H,10,12H2,1H3,(H,24,25). The summed E-state index contributed by atoms with van der Waals surface area (Å²) in [5.74, 6) is -0.296. The van der Waals surface area contributed by atoms with Crippen LogP contribution < -0.4 is 4.74 Å². The van der Waals surface area contributed by atoms with Crippen LogP contribution in [0.5, 0.6) is 5.75 Å². The number of rotatable bonds is 7. The first kappa shape index (κ1) is 19.1. The Labute approximate surface area is 166 Å². The fourth-order valence-electron chi connectivity index (χ4n) is 2.76. The van der Waals surface area contributed by atoms with Crippen molar-refractivity contribution >= 4 is 34.7 Å². The third kappa shape index (κ3) is 4.76. The molecule has 0 fully saturated rings. The first-order valence-corrected chi connectivity index (χ1v) is 9.42. The van der Waals surface area contributed by atoms with E-state index in [1.807, 2.05) is 36.4 Å². The highest BCUT2D eigenvalue weighted by Crippen LogP contribution is 2.34. The Morgan fingerprint density at radius 3 is 2.48 bits per heavy atom. The lowest BCUT2D eigenvalue weighted by molar-refractivity contribution is -0.136. The number of hydrogen-bond donors (Lipinski definition) is 1. The van der Waals surface area contributed by atoms with Gasteiger partial charge in [0.05, 0.1) is 18.4 Å². The molecule has 0 spiro atoms. The topological polar surface area (TPSA) is 63.6 Å². The van der Waals surface area contributed by atoms with Gasteiger partial charge in [-0.2, -0.15) is 0 Å². The van der Waals surface area contributed by atoms with E-state index in [2.05, 4.69) is 0 Å². The number of aliphatic carboxylic acids is 1. The van der Waals surface area contributed by atoms with Crippen LogP contribution >= 0.6 is 22.9 Å². The Hall–Kier alpha value is -2.63. The monoisotopic (exact) mass is 400 g/mol. The maximum atomic E-state index is 12.8. The van der Waals surface area contributed by atoms with Gasteiger partial charge >= 0.3 is 5.97 Å². The Morgan fingerprint density at radius 1 is 1.07 bits per heavy atom. The first-order chi connectivity index (χ1) is 13.0. The zero-order valence-corrected chi connectivity index (χ0v) is 16.1. The minimum atomic E-state index is -0.935. The maximum absolute atomic E-state index is 12.8. The summed E-state index contributed by atoms with van der Waals surface area (Å²) in [7, 11) is 1.58. The average Bonchev–Trinajstić information content (AvgIpc) is 3.05. The number of methoxy groups -OCH3 is 1. The van der Waals surface area contributed by atoms with Crippen molar-refractivity contribution in [2.24, 2.45) is 0 Å². The van der Waals surface area contributed by atoms with Crippen LogP contribution in [0, 0.1) is 0 Å². The average molecular weight is 401 g/mol. The largest absolute Gasteiger partial charge is 0.497 e. The van der Waals surface area contributed by atoms with E-state index in [9.17, 15) is 14.7 Å². The van der Waals surface area contributed by atoms with Crippen LogP contribution in [0.2, 0.25) is 5.02 Å². The van der Waals surface area contributed by atoms with Crippen LogP contribution in [0.15, 0.2) is 54.6 Å². The quantitative estimate of drug-likeness (QED) is 0.558. The number of carbonyl (C=O) groups excluding carboxylic acids is 1. The van der Waals surface area contributed by atoms with Crippen molar-refractivity contribution in [3.05, 3.63) is 75.6 Å². The molecular weight excluding hydrogens is 384 g/mol. The molecule has 0 atom stereocenters. The number of carboxylic acids is 1. The van der Waals surface area contributed by atoms with Gasteiger partial charge in [0.25, 0.3) is 0 Å². The molecular formula is C21H17ClO4S. The van der Waals surface area contributed by atoms with E-state index >= 15 is 0 Å². The third-order valence-corrected chi connectivity index (χ3v) is 5.55. The summed E-state index contributed by atoms with van der Waals surface area (Å²) in [6.07, 6.45) is 0.0885. The van der Waals surface area contributed by atoms with E-state index in [4.69, 9.17) is 16.3 Å². The predicted octanol–water partition coefficient (Wildman–Crippen LogP) is 5.13. The molecule has 0 aliphatic rings. The van der Waals surface area contributed by atoms with E-state index in [-0.39, 0.29) is 18.6 Å². The van der Waals surface area contributed by atoms with Crippen LogP contribution in [0.3, 0.4) is 0 Å². The Kier molecular flexibility index (Phi) is 5.94. The normalized spacial score (nSPS) is 10.6. The van der Waals surface area contributed by atoms with Crippen molar-refractivity contribution in [1.29, 1.82) is 0 Å². The highest BCUT2D eigenvalue weighted by molar-refractivity contribution is 7.17. The molecule has 0 unspecified atom stereocenters. The summed E-state index contributed by atoms with van der Waals surface area (Å²) in [6, 6.07) is 16.2. The number of thiophene rings is 1. The Balaban J connectivity index is 1.91. The molecule has 0 radical (unpaired) electrons. The van der Waals surface area contributed by atoms with E-state index in [1.165, 1.54) is 11.3 Å². The molecule has 0 aliphatic carbocycles. The fraction of sp³-hybridized carbons (Fsp3) is 0.143. The molecule has 1 heterocycles. The zero-order chi connectivity index (χ0) is 19.4. The summed E-state index contributed by atoms with van der Waals surface area (Å²) in [6.45, 7) is 0. The van der Waals surface area contributed by atoms with Crippen molar-refractivity contribution in [3.63, 3.8) is 0 Å². The maximum Gasteiger partial charge on any atom is 0.307 e. The highest BCUT2D eigenvalue weighted by atomic mass is 35.5. The molecule has 0 saturated carbocycles. The summed E-state index contributed by atoms with van der Waals surface area (Å²) >= 11 is 7.25. The zero-order valence-electron chi connectivity index (χ0n) is 14.6. The molecule has 3 rings (SSSR count). The van der Waals surface area contributed by atoms with Gasteiger partial charge in [0.1, 0.15) is 5.75 Å². The lowest BCUT2D eigenvalue weighted by atomic mass is 10.0. The second-order valence-electron chi connectivity index (χ2n) is 5.99. The molecule has 2 aromatic carbocycles. The third-order valence-electron chi connectivity index (χ3n) is 4.03. The number of hydrogen-bond acceptors (Lipinski definition) is 4. The number of carbonyl (C=O) groups is 2. The Bertz CT molecular complexity index is 976. The second kappa shape index (κ2) is 8.37. The van der Waals surface area contributed by atoms with Gasteiger partial charge in [0.2, 0.25) is 0 Å². The van der Waals surface area contributed by atoms with Gasteiger partial charge in [0.15, 0.2) is 5.78 Å². The molecule has 6 heteroatoms. The number of halogens is 1. The van der Waals surface area contributed by atoms with Gasteiger partial charge in [-0.3, -0.25) is 9.59 Å². The smallest absolute Gasteiger partial charge is 0.307 e. The first-order valence-electron chi connectivity index (χ1n) is 8.23. The highest BCUT2D eigenvalue weighted by Gasteiger charge is 2.18. The lowest BCUT2D eigenvalue weighted by Crippen LogP contribution is -2.02. The van der Waals surface area contributed by atoms with Gasteiger partial charge in [-0.25, -0.2) is 0 Å². The minimum absolute atomic E-state index is 0.0555. The van der Waals surface area contributed by atoms with E-state index in [0.29, 0.717) is 21.2 Å². The van der Waals surface area contributed by atoms with E-state index < -0.39 is 5.97 Å². The van der Waals surface area contributed by atoms with Crippen molar-refractivity contribution in [2.75, 3.05) is 7.11 Å². The number of Topliss-reactive ketones (excluding diaryl/α,β-unsaturated/α-hetero) is 1. The van der Waals surface area contributed by atoms with Gasteiger partial charge in [-0.15, -0.1) is 11.3 Å². The van der Waals surface area contributed by atoms with Crippen LogP contribution in [-0.4, -0.2) is 24.0 Å². The molecule has 0 amide bonds. The summed E-state index contributed by atoms with van der Waals surface area (Å²) in [5.41, 5.74) is 2.32. The van der Waals surface area contributed by atoms with Crippen LogP contribution in [0.4, 0.5) is 0 Å².